The first-order chi connectivity index (χ1) is 9.70. The van der Waals surface area contributed by atoms with Gasteiger partial charge in [-0.25, -0.2) is 4.98 Å². The molecule has 0 amide bonds. The summed E-state index contributed by atoms with van der Waals surface area (Å²) >= 11 is 0. The number of nitrogens with one attached hydrogen (secondary N) is 1. The number of aromatic nitrogens is 2. The fourth-order valence-corrected chi connectivity index (χ4v) is 2.68. The third kappa shape index (κ3) is 4.15. The SMILES string of the molecule is CCCNCc1cncc(N(C)CC2CCCN2C)n1. The van der Waals surface area contributed by atoms with Crippen molar-refractivity contribution in [1.82, 2.24) is 20.2 Å². The van der Waals surface area contributed by atoms with E-state index in [9.17, 15) is 0 Å². The van der Waals surface area contributed by atoms with Crippen LogP contribution in [0.1, 0.15) is 31.9 Å². The molecule has 1 aromatic heterocycles. The molecule has 5 heteroatoms. The molecule has 1 unspecified atom stereocenters. The number of likely N-dealkylation sites (tertiary alicyclic amines) is 1. The van der Waals surface area contributed by atoms with Crippen molar-refractivity contribution in [2.24, 2.45) is 0 Å². The molecule has 0 aromatic carbocycles. The van der Waals surface area contributed by atoms with Gasteiger partial charge in [-0.1, -0.05) is 6.92 Å². The van der Waals surface area contributed by atoms with Crippen LogP contribution >= 0.6 is 0 Å². The molecule has 0 radical (unpaired) electrons. The van der Waals surface area contributed by atoms with Crippen molar-refractivity contribution >= 4 is 5.82 Å². The van der Waals surface area contributed by atoms with Crippen LogP contribution in [-0.4, -0.2) is 54.6 Å². The molecule has 112 valence electrons. The maximum Gasteiger partial charge on any atom is 0.147 e. The highest BCUT2D eigenvalue weighted by Crippen LogP contribution is 2.17. The van der Waals surface area contributed by atoms with E-state index < -0.39 is 0 Å². The molecule has 1 N–H and O–H groups in total. The molecule has 0 aliphatic carbocycles. The lowest BCUT2D eigenvalue weighted by molar-refractivity contribution is 0.314. The maximum absolute atomic E-state index is 4.69. The van der Waals surface area contributed by atoms with E-state index in [1.165, 1.54) is 19.4 Å². The van der Waals surface area contributed by atoms with Gasteiger partial charge in [-0.3, -0.25) is 4.98 Å². The molecule has 2 rings (SSSR count). The number of hydrogen-bond acceptors (Lipinski definition) is 5. The Morgan fingerprint density at radius 3 is 3.00 bits per heavy atom. The molecule has 5 nitrogen and oxygen atoms in total. The second-order valence-corrected chi connectivity index (χ2v) is 5.70. The third-order valence-electron chi connectivity index (χ3n) is 3.95. The summed E-state index contributed by atoms with van der Waals surface area (Å²) in [5.41, 5.74) is 1.02. The van der Waals surface area contributed by atoms with Crippen LogP contribution in [0.4, 0.5) is 5.82 Å². The Hall–Kier alpha value is -1.20. The Kier molecular flexibility index (Phi) is 5.73. The van der Waals surface area contributed by atoms with E-state index in [-0.39, 0.29) is 0 Å². The molecule has 1 fully saturated rings. The van der Waals surface area contributed by atoms with E-state index >= 15 is 0 Å². The topological polar surface area (TPSA) is 44.3 Å². The van der Waals surface area contributed by atoms with Crippen LogP contribution in [0.5, 0.6) is 0 Å². The van der Waals surface area contributed by atoms with E-state index in [4.69, 9.17) is 4.98 Å². The Bertz CT molecular complexity index is 409. The van der Waals surface area contributed by atoms with Crippen molar-refractivity contribution in [3.05, 3.63) is 18.1 Å². The highest BCUT2D eigenvalue weighted by atomic mass is 15.2. The van der Waals surface area contributed by atoms with E-state index in [0.29, 0.717) is 6.04 Å². The molecule has 0 bridgehead atoms. The van der Waals surface area contributed by atoms with E-state index in [2.05, 4.69) is 41.1 Å². The number of likely N-dealkylation sites (N-methyl/N-ethyl adjacent to an activating group) is 2. The van der Waals surface area contributed by atoms with Gasteiger partial charge in [0.15, 0.2) is 0 Å². The lowest BCUT2D eigenvalue weighted by Crippen LogP contribution is -2.37. The first-order valence-electron chi connectivity index (χ1n) is 7.63. The second kappa shape index (κ2) is 7.55. The van der Waals surface area contributed by atoms with Crippen molar-refractivity contribution in [3.8, 4) is 0 Å². The fourth-order valence-electron chi connectivity index (χ4n) is 2.68. The number of nitrogens with zero attached hydrogens (tertiary/aromatic N) is 4. The van der Waals surface area contributed by atoms with Crippen LogP contribution in [0.25, 0.3) is 0 Å². The minimum absolute atomic E-state index is 0.642. The second-order valence-electron chi connectivity index (χ2n) is 5.70. The molecule has 1 aliphatic heterocycles. The Balaban J connectivity index is 1.91. The predicted octanol–water partition coefficient (Wildman–Crippen LogP) is 1.51. The smallest absolute Gasteiger partial charge is 0.147 e. The molecule has 1 atom stereocenters. The molecular formula is C15H27N5. The number of rotatable bonds is 7. The zero-order chi connectivity index (χ0) is 14.4. The maximum atomic E-state index is 4.69. The summed E-state index contributed by atoms with van der Waals surface area (Å²) in [6.45, 7) is 6.23. The van der Waals surface area contributed by atoms with Gasteiger partial charge in [0, 0.05) is 32.4 Å². The van der Waals surface area contributed by atoms with Crippen molar-refractivity contribution in [2.45, 2.75) is 38.8 Å². The van der Waals surface area contributed by atoms with Crippen molar-refractivity contribution in [3.63, 3.8) is 0 Å². The monoisotopic (exact) mass is 277 g/mol. The molecule has 0 spiro atoms. The minimum atomic E-state index is 0.642. The molecule has 0 saturated carbocycles. The van der Waals surface area contributed by atoms with E-state index in [0.717, 1.165) is 37.6 Å². The summed E-state index contributed by atoms with van der Waals surface area (Å²) in [4.78, 5) is 13.7. The van der Waals surface area contributed by atoms with Gasteiger partial charge in [-0.05, 0) is 39.4 Å². The summed E-state index contributed by atoms with van der Waals surface area (Å²) in [6.07, 6.45) is 7.44. The molecular weight excluding hydrogens is 250 g/mol. The number of hydrogen-bond donors (Lipinski definition) is 1. The molecule has 1 aliphatic rings. The van der Waals surface area contributed by atoms with E-state index in [1.807, 2.05) is 12.4 Å². The van der Waals surface area contributed by atoms with Crippen molar-refractivity contribution in [2.75, 3.05) is 38.6 Å². The van der Waals surface area contributed by atoms with Gasteiger partial charge in [0.25, 0.3) is 0 Å². The van der Waals surface area contributed by atoms with Crippen molar-refractivity contribution < 1.29 is 0 Å². The van der Waals surface area contributed by atoms with Gasteiger partial charge in [-0.2, -0.15) is 0 Å². The first-order valence-corrected chi connectivity index (χ1v) is 7.63. The quantitative estimate of drug-likeness (QED) is 0.765. The number of anilines is 1. The van der Waals surface area contributed by atoms with Crippen LogP contribution in [0.2, 0.25) is 0 Å². The van der Waals surface area contributed by atoms with Gasteiger partial charge in [0.2, 0.25) is 0 Å². The summed E-state index contributed by atoms with van der Waals surface area (Å²) in [5.74, 6) is 0.973. The summed E-state index contributed by atoms with van der Waals surface area (Å²) < 4.78 is 0. The van der Waals surface area contributed by atoms with Gasteiger partial charge in [-0.15, -0.1) is 0 Å². The average Bonchev–Trinajstić information content (AvgIpc) is 2.85. The zero-order valence-corrected chi connectivity index (χ0v) is 13.0. The third-order valence-corrected chi connectivity index (χ3v) is 3.95. The van der Waals surface area contributed by atoms with Gasteiger partial charge in [0.05, 0.1) is 11.9 Å². The van der Waals surface area contributed by atoms with Crippen LogP contribution in [0.3, 0.4) is 0 Å². The van der Waals surface area contributed by atoms with Gasteiger partial charge in [0.1, 0.15) is 5.82 Å². The summed E-state index contributed by atoms with van der Waals surface area (Å²) in [5, 5.41) is 3.37. The average molecular weight is 277 g/mol. The van der Waals surface area contributed by atoms with Crippen LogP contribution in [0, 0.1) is 0 Å². The Morgan fingerprint density at radius 1 is 1.45 bits per heavy atom. The lowest BCUT2D eigenvalue weighted by atomic mass is 10.2. The standard InChI is InChI=1S/C15H27N5/c1-4-7-16-9-13-10-17-11-15(18-13)20(3)12-14-6-5-8-19(14)2/h10-11,14,16H,4-9,12H2,1-3H3. The highest BCUT2D eigenvalue weighted by Gasteiger charge is 2.22. The van der Waals surface area contributed by atoms with Crippen molar-refractivity contribution in [1.29, 1.82) is 0 Å². The van der Waals surface area contributed by atoms with E-state index in [1.54, 1.807) is 0 Å². The minimum Gasteiger partial charge on any atom is -0.357 e. The largest absolute Gasteiger partial charge is 0.357 e. The Morgan fingerprint density at radius 2 is 2.30 bits per heavy atom. The highest BCUT2D eigenvalue weighted by molar-refractivity contribution is 5.35. The van der Waals surface area contributed by atoms with Gasteiger partial charge < -0.3 is 15.1 Å². The molecule has 1 saturated heterocycles. The van der Waals surface area contributed by atoms with Gasteiger partial charge >= 0.3 is 0 Å². The van der Waals surface area contributed by atoms with Crippen LogP contribution in [-0.2, 0) is 6.54 Å². The first kappa shape index (κ1) is 15.2. The Labute approximate surface area is 122 Å². The predicted molar refractivity (Wildman–Crippen MR) is 83.0 cm³/mol. The zero-order valence-electron chi connectivity index (χ0n) is 13.0. The fraction of sp³-hybridized carbons (Fsp3) is 0.733. The summed E-state index contributed by atoms with van der Waals surface area (Å²) in [6, 6.07) is 0.642. The molecule has 1 aromatic rings. The molecule has 20 heavy (non-hydrogen) atoms. The molecule has 2 heterocycles. The lowest BCUT2D eigenvalue weighted by Gasteiger charge is -2.26. The normalized spacial score (nSPS) is 19.4. The van der Waals surface area contributed by atoms with Crippen LogP contribution in [0.15, 0.2) is 12.4 Å². The summed E-state index contributed by atoms with van der Waals surface area (Å²) in [7, 11) is 4.32. The van der Waals surface area contributed by atoms with Crippen LogP contribution < -0.4 is 10.2 Å².